The van der Waals surface area contributed by atoms with Crippen molar-refractivity contribution in [3.8, 4) is 0 Å². The van der Waals surface area contributed by atoms with E-state index < -0.39 is 0 Å². The molecule has 1 aliphatic rings. The number of halogens is 2. The van der Waals surface area contributed by atoms with Crippen molar-refractivity contribution in [3.63, 3.8) is 0 Å². The van der Waals surface area contributed by atoms with Crippen LogP contribution in [-0.2, 0) is 0 Å². The Kier molecular flexibility index (Phi) is 2.30. The van der Waals surface area contributed by atoms with Gasteiger partial charge in [0.05, 0.1) is 11.1 Å². The largest absolute Gasteiger partial charge is 0.288 e. The Morgan fingerprint density at radius 3 is 1.69 bits per heavy atom. The molecule has 1 aromatic carbocycles. The van der Waals surface area contributed by atoms with Crippen LogP contribution in [0.5, 0.6) is 0 Å². The van der Waals surface area contributed by atoms with Gasteiger partial charge in [-0.3, -0.25) is 14.9 Å². The Morgan fingerprint density at radius 1 is 0.923 bits per heavy atom. The van der Waals surface area contributed by atoms with Gasteiger partial charge >= 0.3 is 0 Å². The molecule has 1 aromatic rings. The number of benzene rings is 1. The molecule has 0 spiro atoms. The van der Waals surface area contributed by atoms with Crippen molar-refractivity contribution in [3.05, 3.63) is 30.4 Å². The highest BCUT2D eigenvalue weighted by atomic mass is 127. The zero-order valence-corrected chi connectivity index (χ0v) is 10.5. The van der Waals surface area contributed by atoms with E-state index in [0.717, 1.165) is 7.14 Å². The topological polar surface area (TPSA) is 46.2 Å². The third kappa shape index (κ3) is 1.37. The second kappa shape index (κ2) is 3.19. The number of hydrogen-bond donors (Lipinski definition) is 1. The molecule has 0 atom stereocenters. The van der Waals surface area contributed by atoms with Crippen LogP contribution in [0.15, 0.2) is 12.1 Å². The van der Waals surface area contributed by atoms with Crippen LogP contribution < -0.4 is 5.32 Å². The lowest BCUT2D eigenvalue weighted by Crippen LogP contribution is -2.20. The lowest BCUT2D eigenvalue weighted by molar-refractivity contribution is 0.0879. The molecule has 1 N–H and O–H groups in total. The third-order valence-electron chi connectivity index (χ3n) is 1.78. The van der Waals surface area contributed by atoms with Crippen LogP contribution in [0.1, 0.15) is 20.7 Å². The van der Waals surface area contributed by atoms with E-state index in [1.807, 2.05) is 12.1 Å². The molecule has 0 fully saturated rings. The third-order valence-corrected chi connectivity index (χ3v) is 3.58. The maximum Gasteiger partial charge on any atom is 0.260 e. The molecule has 66 valence electrons. The van der Waals surface area contributed by atoms with Gasteiger partial charge in [-0.15, -0.1) is 0 Å². The fraction of sp³-hybridized carbons (Fsp3) is 0. The molecule has 13 heavy (non-hydrogen) atoms. The van der Waals surface area contributed by atoms with Gasteiger partial charge in [0, 0.05) is 7.14 Å². The van der Waals surface area contributed by atoms with E-state index in [9.17, 15) is 9.59 Å². The quantitative estimate of drug-likeness (QED) is 0.535. The molecule has 0 saturated heterocycles. The molecular weight excluding hydrogens is 396 g/mol. The molecule has 0 aromatic heterocycles. The Balaban J connectivity index is 2.81. The van der Waals surface area contributed by atoms with E-state index in [0.29, 0.717) is 11.1 Å². The van der Waals surface area contributed by atoms with Crippen LogP contribution >= 0.6 is 45.2 Å². The number of fused-ring (bicyclic) bond motifs is 1. The number of carbonyl (C=O) groups is 2. The number of rotatable bonds is 0. The fourth-order valence-electron chi connectivity index (χ4n) is 1.22. The molecule has 0 radical (unpaired) electrons. The zero-order valence-electron chi connectivity index (χ0n) is 6.23. The summed E-state index contributed by atoms with van der Waals surface area (Å²) in [5, 5.41) is 2.28. The molecule has 5 heteroatoms. The molecule has 2 amide bonds. The SMILES string of the molecule is O=C1NC(=O)c2c(I)ccc(I)c21. The molecule has 0 saturated carbocycles. The summed E-state index contributed by atoms with van der Waals surface area (Å²) in [4.78, 5) is 22.6. The Labute approximate surface area is 102 Å². The fourth-order valence-corrected chi connectivity index (χ4v) is 2.61. The van der Waals surface area contributed by atoms with Crippen molar-refractivity contribution >= 4 is 57.0 Å². The maximum absolute atomic E-state index is 11.3. The summed E-state index contributed by atoms with van der Waals surface area (Å²) in [5.74, 6) is -0.578. The molecular formula is C8H3I2NO2. The van der Waals surface area contributed by atoms with Crippen molar-refractivity contribution < 1.29 is 9.59 Å². The monoisotopic (exact) mass is 399 g/mol. The van der Waals surface area contributed by atoms with Crippen LogP contribution in [0.4, 0.5) is 0 Å². The predicted molar refractivity (Wildman–Crippen MR) is 63.7 cm³/mol. The lowest BCUT2D eigenvalue weighted by Gasteiger charge is -1.99. The first kappa shape index (κ1) is 9.38. The van der Waals surface area contributed by atoms with Gasteiger partial charge in [-0.05, 0) is 57.3 Å². The Bertz CT molecular complexity index is 389. The smallest absolute Gasteiger partial charge is 0.260 e. The highest BCUT2D eigenvalue weighted by Crippen LogP contribution is 2.25. The van der Waals surface area contributed by atoms with Crippen LogP contribution in [-0.4, -0.2) is 11.8 Å². The van der Waals surface area contributed by atoms with E-state index in [-0.39, 0.29) is 11.8 Å². The van der Waals surface area contributed by atoms with Gasteiger partial charge in [-0.1, -0.05) is 0 Å². The van der Waals surface area contributed by atoms with Crippen LogP contribution in [0, 0.1) is 7.14 Å². The minimum absolute atomic E-state index is 0.289. The zero-order chi connectivity index (χ0) is 9.59. The van der Waals surface area contributed by atoms with E-state index in [1.165, 1.54) is 0 Å². The minimum Gasteiger partial charge on any atom is -0.288 e. The highest BCUT2D eigenvalue weighted by Gasteiger charge is 2.30. The molecule has 2 rings (SSSR count). The number of amides is 2. The first-order valence-corrected chi connectivity index (χ1v) is 5.60. The number of hydrogen-bond acceptors (Lipinski definition) is 2. The lowest BCUT2D eigenvalue weighted by atomic mass is 10.1. The van der Waals surface area contributed by atoms with Crippen molar-refractivity contribution in [1.82, 2.24) is 5.32 Å². The minimum atomic E-state index is -0.289. The summed E-state index contributed by atoms with van der Waals surface area (Å²) in [6.07, 6.45) is 0. The average Bonchev–Trinajstić information content (AvgIpc) is 2.36. The Morgan fingerprint density at radius 2 is 1.31 bits per heavy atom. The molecule has 1 heterocycles. The second-order valence-corrected chi connectivity index (χ2v) is 4.89. The van der Waals surface area contributed by atoms with Crippen molar-refractivity contribution in [1.29, 1.82) is 0 Å². The molecule has 0 unspecified atom stereocenters. The summed E-state index contributed by atoms with van der Waals surface area (Å²) in [6, 6.07) is 3.67. The summed E-state index contributed by atoms with van der Waals surface area (Å²) >= 11 is 4.10. The molecule has 0 aliphatic carbocycles. The standard InChI is InChI=1S/C8H3I2NO2/c9-3-1-2-4(10)6-5(3)7(12)11-8(6)13/h1-2H,(H,11,12,13). The van der Waals surface area contributed by atoms with Gasteiger partial charge < -0.3 is 0 Å². The Hall–Kier alpha value is -0.180. The van der Waals surface area contributed by atoms with Gasteiger partial charge in [0.15, 0.2) is 0 Å². The maximum atomic E-state index is 11.3. The molecule has 0 bridgehead atoms. The molecule has 3 nitrogen and oxygen atoms in total. The predicted octanol–water partition coefficient (Wildman–Crippen LogP) is 1.78. The molecule has 1 aliphatic heterocycles. The van der Waals surface area contributed by atoms with E-state index >= 15 is 0 Å². The van der Waals surface area contributed by atoms with Gasteiger partial charge in [0.1, 0.15) is 0 Å². The average molecular weight is 399 g/mol. The van der Waals surface area contributed by atoms with E-state index in [4.69, 9.17) is 0 Å². The van der Waals surface area contributed by atoms with Gasteiger partial charge in [0.25, 0.3) is 11.8 Å². The first-order valence-electron chi connectivity index (χ1n) is 3.45. The van der Waals surface area contributed by atoms with Crippen molar-refractivity contribution in [2.24, 2.45) is 0 Å². The summed E-state index contributed by atoms with van der Waals surface area (Å²) in [7, 11) is 0. The summed E-state index contributed by atoms with van der Waals surface area (Å²) < 4.78 is 1.63. The van der Waals surface area contributed by atoms with E-state index in [1.54, 1.807) is 0 Å². The highest BCUT2D eigenvalue weighted by molar-refractivity contribution is 14.1. The van der Waals surface area contributed by atoms with Gasteiger partial charge in [-0.2, -0.15) is 0 Å². The summed E-state index contributed by atoms with van der Waals surface area (Å²) in [6.45, 7) is 0. The number of imide groups is 1. The van der Waals surface area contributed by atoms with Crippen LogP contribution in [0.25, 0.3) is 0 Å². The second-order valence-electron chi connectivity index (χ2n) is 2.56. The van der Waals surface area contributed by atoms with Crippen molar-refractivity contribution in [2.75, 3.05) is 0 Å². The first-order chi connectivity index (χ1) is 6.11. The van der Waals surface area contributed by atoms with E-state index in [2.05, 4.69) is 50.5 Å². The van der Waals surface area contributed by atoms with Crippen molar-refractivity contribution in [2.45, 2.75) is 0 Å². The number of carbonyl (C=O) groups excluding carboxylic acids is 2. The van der Waals surface area contributed by atoms with Crippen LogP contribution in [0.2, 0.25) is 0 Å². The normalized spacial score (nSPS) is 14.3. The summed E-state index contributed by atoms with van der Waals surface area (Å²) in [5.41, 5.74) is 1.02. The van der Waals surface area contributed by atoms with Gasteiger partial charge in [-0.25, -0.2) is 0 Å². The number of nitrogens with one attached hydrogen (secondary N) is 1. The van der Waals surface area contributed by atoms with Crippen LogP contribution in [0.3, 0.4) is 0 Å². The van der Waals surface area contributed by atoms with Gasteiger partial charge in [0.2, 0.25) is 0 Å².